The monoisotopic (exact) mass is 339 g/mol. The summed E-state index contributed by atoms with van der Waals surface area (Å²) >= 11 is 0. The lowest BCUT2D eigenvalue weighted by atomic mass is 10.2. The summed E-state index contributed by atoms with van der Waals surface area (Å²) in [6, 6.07) is 6.51. The topological polar surface area (TPSA) is 136 Å². The fourth-order valence-corrected chi connectivity index (χ4v) is 2.19. The van der Waals surface area contributed by atoms with Crippen LogP contribution in [0.5, 0.6) is 0 Å². The van der Waals surface area contributed by atoms with E-state index in [1.165, 1.54) is 12.7 Å². The Morgan fingerprint density at radius 1 is 1.16 bits per heavy atom. The fraction of sp³-hybridized carbons (Fsp3) is 0.133. The van der Waals surface area contributed by atoms with Crippen LogP contribution in [0.3, 0.4) is 0 Å². The maximum absolute atomic E-state index is 11.0. The molecule has 0 saturated carbocycles. The molecular weight excluding hydrogens is 322 g/mol. The van der Waals surface area contributed by atoms with Crippen molar-refractivity contribution in [2.24, 2.45) is 5.73 Å². The molecule has 0 saturated heterocycles. The maximum Gasteiger partial charge on any atom is 0.316 e. The van der Waals surface area contributed by atoms with E-state index in [0.717, 1.165) is 11.3 Å². The minimum atomic E-state index is -0.626. The second kappa shape index (κ2) is 6.83. The van der Waals surface area contributed by atoms with Gasteiger partial charge in [0.05, 0.1) is 0 Å². The van der Waals surface area contributed by atoms with Gasteiger partial charge in [-0.3, -0.25) is 0 Å². The molecular formula is C15H17N9O. The van der Waals surface area contributed by atoms with Gasteiger partial charge in [0.15, 0.2) is 5.82 Å². The van der Waals surface area contributed by atoms with E-state index < -0.39 is 6.03 Å². The molecule has 0 bridgehead atoms. The molecule has 3 rings (SSSR count). The number of nitrogens with zero attached hydrogens (tertiary/aromatic N) is 5. The summed E-state index contributed by atoms with van der Waals surface area (Å²) in [5.41, 5.74) is 7.45. The minimum absolute atomic E-state index is 0.472. The zero-order chi connectivity index (χ0) is 17.8. The van der Waals surface area contributed by atoms with Gasteiger partial charge in [-0.1, -0.05) is 6.07 Å². The number of hydrogen-bond acceptors (Lipinski definition) is 7. The molecule has 0 fully saturated rings. The van der Waals surface area contributed by atoms with Crippen LogP contribution in [0.15, 0.2) is 36.9 Å². The number of nitrogens with one attached hydrogen (secondary N) is 3. The van der Waals surface area contributed by atoms with Gasteiger partial charge in [-0.2, -0.15) is 14.8 Å². The van der Waals surface area contributed by atoms with E-state index in [2.05, 4.69) is 36.0 Å². The smallest absolute Gasteiger partial charge is 0.316 e. The molecule has 0 aliphatic rings. The number of benzene rings is 1. The first-order valence-corrected chi connectivity index (χ1v) is 7.41. The molecule has 5 N–H and O–H groups in total. The van der Waals surface area contributed by atoms with Gasteiger partial charge < -0.3 is 21.7 Å². The molecule has 0 radical (unpaired) electrons. The predicted octanol–water partition coefficient (Wildman–Crippen LogP) is 1.64. The number of carbonyl (C=O) groups excluding carboxylic acids is 1. The molecule has 3 aromatic rings. The van der Waals surface area contributed by atoms with E-state index in [4.69, 9.17) is 5.73 Å². The van der Waals surface area contributed by atoms with Crippen LogP contribution in [0.2, 0.25) is 0 Å². The molecule has 0 aliphatic heterocycles. The number of anilines is 4. The van der Waals surface area contributed by atoms with Gasteiger partial charge in [-0.15, -0.1) is 0 Å². The third kappa shape index (κ3) is 3.63. The Morgan fingerprint density at radius 3 is 2.76 bits per heavy atom. The molecule has 0 aliphatic carbocycles. The maximum atomic E-state index is 11.0. The van der Waals surface area contributed by atoms with Gasteiger partial charge in [0.25, 0.3) is 0 Å². The summed E-state index contributed by atoms with van der Waals surface area (Å²) in [5.74, 6) is 1.69. The number of rotatable bonds is 5. The zero-order valence-electron chi connectivity index (χ0n) is 13.7. The van der Waals surface area contributed by atoms with E-state index in [-0.39, 0.29) is 0 Å². The van der Waals surface area contributed by atoms with Crippen LogP contribution in [0.25, 0.3) is 5.82 Å². The third-order valence-corrected chi connectivity index (χ3v) is 3.43. The van der Waals surface area contributed by atoms with Crippen molar-refractivity contribution in [3.63, 3.8) is 0 Å². The lowest BCUT2D eigenvalue weighted by molar-refractivity contribution is 0.259. The number of hydrogen-bond donors (Lipinski definition) is 4. The van der Waals surface area contributed by atoms with E-state index in [1.807, 2.05) is 13.0 Å². The van der Waals surface area contributed by atoms with Crippen molar-refractivity contribution in [2.75, 3.05) is 23.0 Å². The van der Waals surface area contributed by atoms with Crippen LogP contribution in [0, 0.1) is 6.92 Å². The summed E-state index contributed by atoms with van der Waals surface area (Å²) in [7, 11) is 1.77. The Labute approximate surface area is 143 Å². The Hall–Kier alpha value is -3.69. The van der Waals surface area contributed by atoms with Crippen molar-refractivity contribution in [2.45, 2.75) is 6.92 Å². The van der Waals surface area contributed by atoms with Crippen molar-refractivity contribution in [1.82, 2.24) is 24.7 Å². The molecule has 2 aromatic heterocycles. The number of primary amides is 1. The summed E-state index contributed by atoms with van der Waals surface area (Å²) in [5, 5.41) is 12.9. The third-order valence-electron chi connectivity index (χ3n) is 3.43. The van der Waals surface area contributed by atoms with Crippen LogP contribution >= 0.6 is 0 Å². The van der Waals surface area contributed by atoms with Crippen molar-refractivity contribution in [1.29, 1.82) is 0 Å². The summed E-state index contributed by atoms with van der Waals surface area (Å²) in [6.07, 6.45) is 2.86. The molecule has 128 valence electrons. The first kappa shape index (κ1) is 16.2. The molecule has 2 amide bonds. The van der Waals surface area contributed by atoms with E-state index in [1.54, 1.807) is 29.9 Å². The number of nitrogens with two attached hydrogens (primary N) is 1. The molecule has 0 atom stereocenters. The summed E-state index contributed by atoms with van der Waals surface area (Å²) < 4.78 is 1.55. The SMILES string of the molecule is CNc1cc(-n2ncnc2Nc2cc(NC(N)=O)ccc2C)ncn1. The fourth-order valence-electron chi connectivity index (χ4n) is 2.19. The van der Waals surface area contributed by atoms with Crippen LogP contribution in [-0.4, -0.2) is 37.8 Å². The first-order chi connectivity index (χ1) is 12.1. The predicted molar refractivity (Wildman–Crippen MR) is 94.2 cm³/mol. The lowest BCUT2D eigenvalue weighted by Gasteiger charge is -2.12. The molecule has 0 unspecified atom stereocenters. The van der Waals surface area contributed by atoms with Crippen LogP contribution in [0.4, 0.5) is 27.9 Å². The summed E-state index contributed by atoms with van der Waals surface area (Å²) in [6.45, 7) is 1.93. The van der Waals surface area contributed by atoms with Gasteiger partial charge in [0.2, 0.25) is 5.95 Å². The van der Waals surface area contributed by atoms with Crippen molar-refractivity contribution in [3.05, 3.63) is 42.5 Å². The van der Waals surface area contributed by atoms with Crippen molar-refractivity contribution in [3.8, 4) is 5.82 Å². The minimum Gasteiger partial charge on any atom is -0.373 e. The van der Waals surface area contributed by atoms with Crippen molar-refractivity contribution < 1.29 is 4.79 Å². The number of amides is 2. The first-order valence-electron chi connectivity index (χ1n) is 7.41. The highest BCUT2D eigenvalue weighted by Gasteiger charge is 2.11. The molecule has 25 heavy (non-hydrogen) atoms. The highest BCUT2D eigenvalue weighted by atomic mass is 16.2. The Bertz CT molecular complexity index is 906. The van der Waals surface area contributed by atoms with Gasteiger partial charge in [-0.25, -0.2) is 14.8 Å². The summed E-state index contributed by atoms with van der Waals surface area (Å²) in [4.78, 5) is 23.5. The second-order valence-electron chi connectivity index (χ2n) is 5.15. The van der Waals surface area contributed by atoms with Gasteiger partial charge >= 0.3 is 6.03 Å². The van der Waals surface area contributed by atoms with Gasteiger partial charge in [-0.05, 0) is 24.6 Å². The van der Waals surface area contributed by atoms with E-state index in [9.17, 15) is 4.79 Å². The quantitative estimate of drug-likeness (QED) is 0.555. The highest BCUT2D eigenvalue weighted by molar-refractivity contribution is 5.88. The van der Waals surface area contributed by atoms with E-state index in [0.29, 0.717) is 23.3 Å². The largest absolute Gasteiger partial charge is 0.373 e. The van der Waals surface area contributed by atoms with Crippen LogP contribution < -0.4 is 21.7 Å². The van der Waals surface area contributed by atoms with Crippen molar-refractivity contribution >= 4 is 29.2 Å². The van der Waals surface area contributed by atoms with Gasteiger partial charge in [0, 0.05) is 24.5 Å². The molecule has 10 nitrogen and oxygen atoms in total. The molecule has 0 spiro atoms. The molecule has 2 heterocycles. The number of carbonyl (C=O) groups is 1. The molecule has 10 heteroatoms. The van der Waals surface area contributed by atoms with Crippen LogP contribution in [0.1, 0.15) is 5.56 Å². The Balaban J connectivity index is 1.92. The number of aryl methyl sites for hydroxylation is 1. The number of aromatic nitrogens is 5. The Morgan fingerprint density at radius 2 is 2.00 bits per heavy atom. The average Bonchev–Trinajstić information content (AvgIpc) is 3.05. The zero-order valence-corrected chi connectivity index (χ0v) is 13.7. The van der Waals surface area contributed by atoms with Crippen LogP contribution in [-0.2, 0) is 0 Å². The van der Waals surface area contributed by atoms with E-state index >= 15 is 0 Å². The standard InChI is InChI=1S/C15H17N9O/c1-9-3-4-10(22-14(16)25)5-11(9)23-15-20-8-21-24(15)13-6-12(17-2)18-7-19-13/h3-8H,1-2H3,(H3,16,22,25)(H,17,18,19)(H,20,21,23). The normalized spacial score (nSPS) is 10.3. The highest BCUT2D eigenvalue weighted by Crippen LogP contribution is 2.24. The average molecular weight is 339 g/mol. The molecule has 1 aromatic carbocycles. The second-order valence-corrected chi connectivity index (χ2v) is 5.15. The lowest BCUT2D eigenvalue weighted by Crippen LogP contribution is -2.19. The number of urea groups is 1. The Kier molecular flexibility index (Phi) is 4.42. The van der Waals surface area contributed by atoms with Gasteiger partial charge in [0.1, 0.15) is 18.5 Å².